The van der Waals surface area contributed by atoms with Crippen LogP contribution in [0.1, 0.15) is 32.1 Å². The van der Waals surface area contributed by atoms with Crippen LogP contribution in [0.3, 0.4) is 0 Å². The molecule has 0 amide bonds. The lowest BCUT2D eigenvalue weighted by Gasteiger charge is -2.28. The van der Waals surface area contributed by atoms with Gasteiger partial charge in [0.15, 0.2) is 0 Å². The maximum absolute atomic E-state index is 3.69. The van der Waals surface area contributed by atoms with Gasteiger partial charge >= 0.3 is 0 Å². The van der Waals surface area contributed by atoms with Crippen molar-refractivity contribution in [3.8, 4) is 0 Å². The highest BCUT2D eigenvalue weighted by molar-refractivity contribution is 4.92. The first-order valence-corrected chi connectivity index (χ1v) is 5.80. The van der Waals surface area contributed by atoms with E-state index in [1.807, 2.05) is 0 Å². The second kappa shape index (κ2) is 4.43. The van der Waals surface area contributed by atoms with Gasteiger partial charge in [-0.25, -0.2) is 0 Å². The first-order valence-electron chi connectivity index (χ1n) is 5.80. The van der Waals surface area contributed by atoms with Gasteiger partial charge in [0.2, 0.25) is 0 Å². The summed E-state index contributed by atoms with van der Waals surface area (Å²) < 4.78 is 0. The summed E-state index contributed by atoms with van der Waals surface area (Å²) in [5, 5.41) is 6.95. The lowest BCUT2D eigenvalue weighted by molar-refractivity contribution is 0.265. The Hall–Kier alpha value is -0.0800. The molecular formula is C11H22N2. The van der Waals surface area contributed by atoms with Gasteiger partial charge in [-0.2, -0.15) is 0 Å². The van der Waals surface area contributed by atoms with Gasteiger partial charge in [-0.05, 0) is 51.2 Å². The number of fused-ring (bicyclic) bond motifs is 1. The summed E-state index contributed by atoms with van der Waals surface area (Å²) in [5.41, 5.74) is 0. The topological polar surface area (TPSA) is 24.1 Å². The molecule has 0 aromatic rings. The van der Waals surface area contributed by atoms with E-state index in [0.717, 1.165) is 17.9 Å². The molecule has 2 aliphatic rings. The van der Waals surface area contributed by atoms with Crippen LogP contribution in [0.15, 0.2) is 0 Å². The number of rotatable bonds is 3. The summed E-state index contributed by atoms with van der Waals surface area (Å²) in [6.07, 6.45) is 7.20. The van der Waals surface area contributed by atoms with Crippen LogP contribution < -0.4 is 10.6 Å². The first kappa shape index (κ1) is 9.47. The largest absolute Gasteiger partial charge is 0.320 e. The third kappa shape index (κ3) is 2.05. The van der Waals surface area contributed by atoms with Crippen molar-refractivity contribution in [3.05, 3.63) is 0 Å². The van der Waals surface area contributed by atoms with Gasteiger partial charge in [-0.15, -0.1) is 0 Å². The van der Waals surface area contributed by atoms with E-state index in [1.165, 1.54) is 45.2 Å². The van der Waals surface area contributed by atoms with Gasteiger partial charge in [0.05, 0.1) is 0 Å². The minimum Gasteiger partial charge on any atom is -0.320 e. The van der Waals surface area contributed by atoms with Gasteiger partial charge in [0.1, 0.15) is 0 Å². The molecular weight excluding hydrogens is 160 g/mol. The Morgan fingerprint density at radius 2 is 2.15 bits per heavy atom. The Morgan fingerprint density at radius 3 is 3.00 bits per heavy atom. The van der Waals surface area contributed by atoms with E-state index in [-0.39, 0.29) is 0 Å². The maximum atomic E-state index is 3.69. The number of hydrogen-bond acceptors (Lipinski definition) is 2. The summed E-state index contributed by atoms with van der Waals surface area (Å²) >= 11 is 0. The zero-order valence-corrected chi connectivity index (χ0v) is 8.68. The molecule has 1 aliphatic carbocycles. The Bertz CT molecular complexity index is 158. The molecule has 0 radical (unpaired) electrons. The minimum atomic E-state index is 0.871. The molecule has 3 unspecified atom stereocenters. The summed E-state index contributed by atoms with van der Waals surface area (Å²) in [7, 11) is 2.06. The Morgan fingerprint density at radius 1 is 1.31 bits per heavy atom. The third-order valence-corrected chi connectivity index (χ3v) is 3.83. The van der Waals surface area contributed by atoms with Crippen LogP contribution in [-0.2, 0) is 0 Å². The lowest BCUT2D eigenvalue weighted by Crippen LogP contribution is -2.30. The average Bonchev–Trinajstić information content (AvgIpc) is 2.58. The molecule has 2 fully saturated rings. The molecule has 1 heterocycles. The summed E-state index contributed by atoms with van der Waals surface area (Å²) in [4.78, 5) is 0. The van der Waals surface area contributed by atoms with E-state index in [2.05, 4.69) is 17.7 Å². The molecule has 0 bridgehead atoms. The van der Waals surface area contributed by atoms with Gasteiger partial charge in [0, 0.05) is 6.04 Å². The highest BCUT2D eigenvalue weighted by Crippen LogP contribution is 2.35. The van der Waals surface area contributed by atoms with Crippen molar-refractivity contribution in [3.63, 3.8) is 0 Å². The van der Waals surface area contributed by atoms with E-state index in [4.69, 9.17) is 0 Å². The van der Waals surface area contributed by atoms with Crippen LogP contribution in [0.2, 0.25) is 0 Å². The number of hydrogen-bond donors (Lipinski definition) is 2. The van der Waals surface area contributed by atoms with E-state index in [0.29, 0.717) is 0 Å². The van der Waals surface area contributed by atoms with Crippen LogP contribution in [0.5, 0.6) is 0 Å². The van der Waals surface area contributed by atoms with Crippen molar-refractivity contribution in [1.29, 1.82) is 0 Å². The highest BCUT2D eigenvalue weighted by Gasteiger charge is 2.36. The highest BCUT2D eigenvalue weighted by atomic mass is 15.0. The molecule has 1 saturated heterocycles. The molecule has 0 aromatic carbocycles. The van der Waals surface area contributed by atoms with E-state index >= 15 is 0 Å². The molecule has 1 saturated carbocycles. The fraction of sp³-hybridized carbons (Fsp3) is 1.00. The van der Waals surface area contributed by atoms with Crippen molar-refractivity contribution in [2.45, 2.75) is 38.1 Å². The predicted octanol–water partition coefficient (Wildman–Crippen LogP) is 1.37. The van der Waals surface area contributed by atoms with Crippen molar-refractivity contribution in [2.75, 3.05) is 20.1 Å². The van der Waals surface area contributed by atoms with Crippen molar-refractivity contribution >= 4 is 0 Å². The first-order chi connectivity index (χ1) is 6.42. The molecule has 13 heavy (non-hydrogen) atoms. The molecule has 3 atom stereocenters. The predicted molar refractivity (Wildman–Crippen MR) is 55.8 cm³/mol. The monoisotopic (exact) mass is 182 g/mol. The zero-order chi connectivity index (χ0) is 9.10. The standard InChI is InChI=1S/C11H22N2/c1-12-7-6-9-8-13-11-5-3-2-4-10(9)11/h9-13H,2-8H2,1H3. The van der Waals surface area contributed by atoms with Crippen molar-refractivity contribution < 1.29 is 0 Å². The summed E-state index contributed by atoms with van der Waals surface area (Å²) in [5.74, 6) is 1.96. The minimum absolute atomic E-state index is 0.871. The van der Waals surface area contributed by atoms with E-state index < -0.39 is 0 Å². The fourth-order valence-electron chi connectivity index (χ4n) is 3.08. The SMILES string of the molecule is CNCCC1CNC2CCCCC12. The van der Waals surface area contributed by atoms with Crippen LogP contribution in [0.4, 0.5) is 0 Å². The van der Waals surface area contributed by atoms with Crippen LogP contribution >= 0.6 is 0 Å². The third-order valence-electron chi connectivity index (χ3n) is 3.83. The molecule has 1 aliphatic heterocycles. The second-order valence-corrected chi connectivity index (χ2v) is 4.62. The van der Waals surface area contributed by atoms with Crippen LogP contribution in [0.25, 0.3) is 0 Å². The van der Waals surface area contributed by atoms with Gasteiger partial charge in [-0.1, -0.05) is 12.8 Å². The normalized spacial score (nSPS) is 39.0. The molecule has 0 aromatic heterocycles. The van der Waals surface area contributed by atoms with Crippen molar-refractivity contribution in [2.24, 2.45) is 11.8 Å². The molecule has 2 nitrogen and oxygen atoms in total. The Balaban J connectivity index is 1.84. The second-order valence-electron chi connectivity index (χ2n) is 4.62. The van der Waals surface area contributed by atoms with E-state index in [9.17, 15) is 0 Å². The average molecular weight is 182 g/mol. The molecule has 0 spiro atoms. The fourth-order valence-corrected chi connectivity index (χ4v) is 3.08. The summed E-state index contributed by atoms with van der Waals surface area (Å²) in [6, 6.07) is 0.871. The quantitative estimate of drug-likeness (QED) is 0.689. The molecule has 2 N–H and O–H groups in total. The zero-order valence-electron chi connectivity index (χ0n) is 8.68. The van der Waals surface area contributed by atoms with Crippen molar-refractivity contribution in [1.82, 2.24) is 10.6 Å². The van der Waals surface area contributed by atoms with E-state index in [1.54, 1.807) is 0 Å². The number of nitrogens with one attached hydrogen (secondary N) is 2. The van der Waals surface area contributed by atoms with Crippen LogP contribution in [0, 0.1) is 11.8 Å². The molecule has 2 rings (SSSR count). The van der Waals surface area contributed by atoms with Gasteiger partial charge in [-0.3, -0.25) is 0 Å². The van der Waals surface area contributed by atoms with Gasteiger partial charge in [0.25, 0.3) is 0 Å². The Labute approximate surface area is 81.5 Å². The summed E-state index contributed by atoms with van der Waals surface area (Å²) in [6.45, 7) is 2.46. The smallest absolute Gasteiger partial charge is 0.00985 e. The van der Waals surface area contributed by atoms with Gasteiger partial charge < -0.3 is 10.6 Å². The lowest BCUT2D eigenvalue weighted by atomic mass is 9.79. The maximum Gasteiger partial charge on any atom is 0.00985 e. The van der Waals surface area contributed by atoms with Crippen LogP contribution in [-0.4, -0.2) is 26.2 Å². The molecule has 76 valence electrons. The Kier molecular flexibility index (Phi) is 3.23. The molecule has 2 heteroatoms.